The van der Waals surface area contributed by atoms with E-state index in [4.69, 9.17) is 9.47 Å². The zero-order valence-electron chi connectivity index (χ0n) is 12.6. The fourth-order valence-electron chi connectivity index (χ4n) is 2.20. The van der Waals surface area contributed by atoms with Crippen LogP contribution >= 0.6 is 0 Å². The molecule has 0 saturated carbocycles. The van der Waals surface area contributed by atoms with Gasteiger partial charge < -0.3 is 14.4 Å². The first-order chi connectivity index (χ1) is 9.37. The monoisotopic (exact) mass is 276 g/mol. The molecule has 1 unspecified atom stereocenters. The number of hydrogen-bond donors (Lipinski definition) is 0. The third kappa shape index (κ3) is 3.73. The molecule has 2 rings (SSSR count). The van der Waals surface area contributed by atoms with Crippen molar-refractivity contribution in [3.63, 3.8) is 0 Å². The molecule has 1 aromatic carbocycles. The van der Waals surface area contributed by atoms with E-state index in [0.29, 0.717) is 13.2 Å². The number of benzene rings is 1. The maximum atomic E-state index is 12.0. The molecule has 1 radical (unpaired) electrons. The van der Waals surface area contributed by atoms with Gasteiger partial charge >= 0.3 is 6.09 Å². The summed E-state index contributed by atoms with van der Waals surface area (Å²) in [6.45, 7) is 6.73. The normalized spacial score (nSPS) is 18.3. The second-order valence-corrected chi connectivity index (χ2v) is 6.08. The topological polar surface area (TPSA) is 38.8 Å². The van der Waals surface area contributed by atoms with Gasteiger partial charge in [-0.25, -0.2) is 4.79 Å². The SMILES string of the molecule is CN(CC1OCCc2ccc[c]c21)C(=O)OC(C)(C)C. The molecule has 109 valence electrons. The van der Waals surface area contributed by atoms with Crippen LogP contribution in [-0.2, 0) is 15.9 Å². The zero-order chi connectivity index (χ0) is 14.8. The second kappa shape index (κ2) is 5.83. The minimum absolute atomic E-state index is 0.127. The highest BCUT2D eigenvalue weighted by molar-refractivity contribution is 5.67. The zero-order valence-corrected chi connectivity index (χ0v) is 12.6. The van der Waals surface area contributed by atoms with Crippen LogP contribution in [0.1, 0.15) is 38.0 Å². The van der Waals surface area contributed by atoms with E-state index < -0.39 is 5.60 Å². The third-order valence-electron chi connectivity index (χ3n) is 3.14. The van der Waals surface area contributed by atoms with E-state index in [0.717, 1.165) is 12.0 Å². The average molecular weight is 276 g/mol. The highest BCUT2D eigenvalue weighted by atomic mass is 16.6. The van der Waals surface area contributed by atoms with Crippen LogP contribution in [0.5, 0.6) is 0 Å². The van der Waals surface area contributed by atoms with Gasteiger partial charge in [0.05, 0.1) is 13.2 Å². The van der Waals surface area contributed by atoms with Crippen LogP contribution in [0.2, 0.25) is 0 Å². The van der Waals surface area contributed by atoms with Crippen molar-refractivity contribution >= 4 is 6.09 Å². The van der Waals surface area contributed by atoms with Gasteiger partial charge in [-0.3, -0.25) is 0 Å². The Bertz CT molecular complexity index is 479. The Morgan fingerprint density at radius 2 is 2.30 bits per heavy atom. The minimum atomic E-state index is -0.483. The predicted octanol–water partition coefficient (Wildman–Crippen LogP) is 2.97. The van der Waals surface area contributed by atoms with Gasteiger partial charge in [0.25, 0.3) is 0 Å². The van der Waals surface area contributed by atoms with Crippen molar-refractivity contribution in [3.05, 3.63) is 35.4 Å². The average Bonchev–Trinajstić information content (AvgIpc) is 2.37. The largest absolute Gasteiger partial charge is 0.444 e. The van der Waals surface area contributed by atoms with Crippen molar-refractivity contribution in [2.45, 2.75) is 38.9 Å². The van der Waals surface area contributed by atoms with Crippen molar-refractivity contribution in [2.75, 3.05) is 20.2 Å². The lowest BCUT2D eigenvalue weighted by Gasteiger charge is -2.30. The summed E-state index contributed by atoms with van der Waals surface area (Å²) in [5, 5.41) is 0. The first-order valence-electron chi connectivity index (χ1n) is 6.92. The molecule has 1 amide bonds. The number of amides is 1. The number of rotatable bonds is 2. The molecule has 0 spiro atoms. The van der Waals surface area contributed by atoms with Crippen LogP contribution < -0.4 is 0 Å². The number of carbonyl (C=O) groups excluding carboxylic acids is 1. The Morgan fingerprint density at radius 1 is 1.55 bits per heavy atom. The fraction of sp³-hybridized carbons (Fsp3) is 0.562. The van der Waals surface area contributed by atoms with Crippen molar-refractivity contribution in [1.29, 1.82) is 0 Å². The molecule has 4 nitrogen and oxygen atoms in total. The number of fused-ring (bicyclic) bond motifs is 1. The molecular formula is C16H22NO3. The van der Waals surface area contributed by atoms with Gasteiger partial charge in [-0.15, -0.1) is 0 Å². The Hall–Kier alpha value is -1.55. The number of likely N-dealkylation sites (N-methyl/N-ethyl adjacent to an activating group) is 1. The number of hydrogen-bond acceptors (Lipinski definition) is 3. The van der Waals surface area contributed by atoms with Gasteiger partial charge in [0.1, 0.15) is 11.7 Å². The molecule has 0 bridgehead atoms. The Balaban J connectivity index is 2.02. The third-order valence-corrected chi connectivity index (χ3v) is 3.14. The predicted molar refractivity (Wildman–Crippen MR) is 76.5 cm³/mol. The highest BCUT2D eigenvalue weighted by Crippen LogP contribution is 2.27. The lowest BCUT2D eigenvalue weighted by atomic mass is 9.97. The number of carbonyl (C=O) groups is 1. The number of nitrogens with zero attached hydrogens (tertiary/aromatic N) is 1. The van der Waals surface area contributed by atoms with E-state index in [9.17, 15) is 4.79 Å². The Labute approximate surface area is 120 Å². The smallest absolute Gasteiger partial charge is 0.410 e. The van der Waals surface area contributed by atoms with Gasteiger partial charge in [0, 0.05) is 7.05 Å². The fourth-order valence-corrected chi connectivity index (χ4v) is 2.20. The molecule has 1 aromatic rings. The summed E-state index contributed by atoms with van der Waals surface area (Å²) in [6, 6.07) is 9.19. The van der Waals surface area contributed by atoms with Crippen molar-refractivity contribution in [3.8, 4) is 0 Å². The van der Waals surface area contributed by atoms with Gasteiger partial charge in [-0.1, -0.05) is 18.2 Å². The summed E-state index contributed by atoms with van der Waals surface area (Å²) >= 11 is 0. The van der Waals surface area contributed by atoms with Gasteiger partial charge in [0.15, 0.2) is 0 Å². The molecule has 0 N–H and O–H groups in total. The van der Waals surface area contributed by atoms with Crippen LogP contribution in [0.15, 0.2) is 18.2 Å². The second-order valence-electron chi connectivity index (χ2n) is 6.08. The lowest BCUT2D eigenvalue weighted by molar-refractivity contribution is -0.00174. The van der Waals surface area contributed by atoms with Crippen LogP contribution in [0.4, 0.5) is 4.79 Å². The minimum Gasteiger partial charge on any atom is -0.444 e. The van der Waals surface area contributed by atoms with E-state index in [-0.39, 0.29) is 12.2 Å². The summed E-state index contributed by atoms with van der Waals surface area (Å²) in [4.78, 5) is 13.5. The van der Waals surface area contributed by atoms with Crippen LogP contribution in [0, 0.1) is 6.07 Å². The van der Waals surface area contributed by atoms with E-state index in [2.05, 4.69) is 12.1 Å². The summed E-state index contributed by atoms with van der Waals surface area (Å²) in [7, 11) is 1.73. The molecule has 1 atom stereocenters. The van der Waals surface area contributed by atoms with E-state index >= 15 is 0 Å². The maximum Gasteiger partial charge on any atom is 0.410 e. The summed E-state index contributed by atoms with van der Waals surface area (Å²) < 4.78 is 11.1. The highest BCUT2D eigenvalue weighted by Gasteiger charge is 2.26. The Kier molecular flexibility index (Phi) is 4.33. The first-order valence-corrected chi connectivity index (χ1v) is 6.92. The maximum absolute atomic E-state index is 12.0. The van der Waals surface area contributed by atoms with Crippen LogP contribution in [-0.4, -0.2) is 36.8 Å². The van der Waals surface area contributed by atoms with Gasteiger partial charge in [-0.2, -0.15) is 0 Å². The molecule has 0 fully saturated rings. The van der Waals surface area contributed by atoms with E-state index in [1.807, 2.05) is 32.9 Å². The summed E-state index contributed by atoms with van der Waals surface area (Å²) in [6.07, 6.45) is 0.445. The van der Waals surface area contributed by atoms with E-state index in [1.54, 1.807) is 11.9 Å². The number of ether oxygens (including phenoxy) is 2. The molecule has 0 aromatic heterocycles. The summed E-state index contributed by atoms with van der Waals surface area (Å²) in [5.41, 5.74) is 1.82. The Morgan fingerprint density at radius 3 is 3.00 bits per heavy atom. The molecule has 0 saturated heterocycles. The molecular weight excluding hydrogens is 254 g/mol. The lowest BCUT2D eigenvalue weighted by Crippen LogP contribution is -2.37. The van der Waals surface area contributed by atoms with Crippen molar-refractivity contribution < 1.29 is 14.3 Å². The molecule has 1 aliphatic heterocycles. The quantitative estimate of drug-likeness (QED) is 0.833. The van der Waals surface area contributed by atoms with Crippen LogP contribution in [0.3, 0.4) is 0 Å². The molecule has 20 heavy (non-hydrogen) atoms. The van der Waals surface area contributed by atoms with Gasteiger partial charge in [-0.05, 0) is 44.4 Å². The summed E-state index contributed by atoms with van der Waals surface area (Å²) in [5.74, 6) is 0. The standard InChI is InChI=1S/C16H22NO3/c1-16(2,3)20-15(18)17(4)11-14-13-8-6-5-7-12(13)9-10-19-14/h5-7,14H,9-11H2,1-4H3. The molecule has 0 aliphatic carbocycles. The van der Waals surface area contributed by atoms with E-state index in [1.165, 1.54) is 5.56 Å². The van der Waals surface area contributed by atoms with Crippen LogP contribution in [0.25, 0.3) is 0 Å². The van der Waals surface area contributed by atoms with Crippen molar-refractivity contribution in [1.82, 2.24) is 4.90 Å². The van der Waals surface area contributed by atoms with Gasteiger partial charge in [0.2, 0.25) is 0 Å². The van der Waals surface area contributed by atoms with Crippen molar-refractivity contribution in [2.24, 2.45) is 0 Å². The first kappa shape index (κ1) is 14.9. The molecule has 1 heterocycles. The molecule has 1 aliphatic rings. The molecule has 4 heteroatoms.